The number of ether oxygens (including phenoxy) is 1. The third kappa shape index (κ3) is 1.79. The Balaban J connectivity index is 2.47. The van der Waals surface area contributed by atoms with Crippen molar-refractivity contribution in [3.63, 3.8) is 0 Å². The molecule has 0 fully saturated rings. The average molecular weight is 238 g/mol. The van der Waals surface area contributed by atoms with E-state index in [1.54, 1.807) is 18.2 Å². The lowest BCUT2D eigenvalue weighted by molar-refractivity contribution is -0.133. The fraction of sp³-hybridized carbons (Fsp3) is 0.0909. The van der Waals surface area contributed by atoms with E-state index < -0.39 is 5.97 Å². The van der Waals surface area contributed by atoms with Crippen LogP contribution in [0.25, 0.3) is 16.7 Å². The number of carbonyl (C=O) groups excluding carboxylic acids is 1. The summed E-state index contributed by atoms with van der Waals surface area (Å²) in [6, 6.07) is 5.02. The number of benzene rings is 1. The molecule has 0 aliphatic carbocycles. The maximum atomic E-state index is 11.2. The van der Waals surface area contributed by atoms with Crippen molar-refractivity contribution in [3.05, 3.63) is 35.7 Å². The van der Waals surface area contributed by atoms with Crippen molar-refractivity contribution in [2.45, 2.75) is 0 Å². The van der Waals surface area contributed by atoms with E-state index >= 15 is 0 Å². The van der Waals surface area contributed by atoms with Crippen LogP contribution in [0.15, 0.2) is 29.2 Å². The molecule has 1 aromatic heterocycles. The van der Waals surface area contributed by atoms with Gasteiger partial charge in [0.05, 0.1) is 7.11 Å². The molecular weight excluding hydrogens is 230 g/mol. The molecule has 2 rings (SSSR count). The van der Waals surface area contributed by atoms with Gasteiger partial charge in [-0.25, -0.2) is 9.78 Å². The van der Waals surface area contributed by atoms with Gasteiger partial charge in [-0.1, -0.05) is 18.2 Å². The Labute approximate surface area is 96.5 Å². The molecule has 5 heteroatoms. The summed E-state index contributed by atoms with van der Waals surface area (Å²) >= 11 is 5.80. The topological polar surface area (TPSA) is 52.3 Å². The van der Waals surface area contributed by atoms with Crippen LogP contribution in [0.1, 0.15) is 5.89 Å². The lowest BCUT2D eigenvalue weighted by Crippen LogP contribution is -2.02. The Bertz CT molecular complexity index is 574. The van der Waals surface area contributed by atoms with Gasteiger partial charge >= 0.3 is 5.97 Å². The maximum absolute atomic E-state index is 11.2. The number of aromatic nitrogens is 1. The van der Waals surface area contributed by atoms with Crippen molar-refractivity contribution in [2.24, 2.45) is 0 Å². The van der Waals surface area contributed by atoms with E-state index in [0.717, 1.165) is 0 Å². The highest BCUT2D eigenvalue weighted by Crippen LogP contribution is 2.23. The van der Waals surface area contributed by atoms with Gasteiger partial charge in [0.25, 0.3) is 0 Å². The molecule has 0 bridgehead atoms. The number of fused-ring (bicyclic) bond motifs is 1. The molecule has 0 unspecified atom stereocenters. The number of oxazole rings is 1. The fourth-order valence-corrected chi connectivity index (χ4v) is 1.40. The third-order valence-corrected chi connectivity index (χ3v) is 2.28. The number of halogens is 1. The second kappa shape index (κ2) is 3.98. The van der Waals surface area contributed by atoms with E-state index in [1.807, 2.05) is 0 Å². The van der Waals surface area contributed by atoms with Crippen molar-refractivity contribution in [3.8, 4) is 0 Å². The highest BCUT2D eigenvalue weighted by molar-refractivity contribution is 6.31. The largest absolute Gasteiger partial charge is 0.465 e. The highest BCUT2D eigenvalue weighted by atomic mass is 35.5. The molecule has 2 aromatic rings. The van der Waals surface area contributed by atoms with E-state index in [-0.39, 0.29) is 11.5 Å². The van der Waals surface area contributed by atoms with Gasteiger partial charge < -0.3 is 9.15 Å². The monoisotopic (exact) mass is 237 g/mol. The standard InChI is InChI=1S/C11H8ClNO3/c1-6(11(14)15-2)10-13-8-4-3-7(12)5-9(8)16-10/h3-5H,1H2,2H3. The number of carbonyl (C=O) groups is 1. The summed E-state index contributed by atoms with van der Waals surface area (Å²) in [5.74, 6) is -0.429. The van der Waals surface area contributed by atoms with Gasteiger partial charge in [0.1, 0.15) is 11.1 Å². The van der Waals surface area contributed by atoms with Gasteiger partial charge in [0.2, 0.25) is 5.89 Å². The normalized spacial score (nSPS) is 10.4. The number of nitrogens with zero attached hydrogens (tertiary/aromatic N) is 1. The molecule has 16 heavy (non-hydrogen) atoms. The fourth-order valence-electron chi connectivity index (χ4n) is 1.24. The molecule has 0 saturated carbocycles. The molecule has 1 aromatic carbocycles. The molecule has 0 spiro atoms. The van der Waals surface area contributed by atoms with E-state index in [4.69, 9.17) is 16.0 Å². The van der Waals surface area contributed by atoms with Crippen molar-refractivity contribution in [1.29, 1.82) is 0 Å². The van der Waals surface area contributed by atoms with Crippen LogP contribution in [0.4, 0.5) is 0 Å². The van der Waals surface area contributed by atoms with Crippen LogP contribution in [0.2, 0.25) is 5.02 Å². The zero-order chi connectivity index (χ0) is 11.7. The quantitative estimate of drug-likeness (QED) is 0.595. The first-order valence-electron chi connectivity index (χ1n) is 4.45. The summed E-state index contributed by atoms with van der Waals surface area (Å²) in [7, 11) is 1.27. The second-order valence-corrected chi connectivity index (χ2v) is 3.54. The lowest BCUT2D eigenvalue weighted by atomic mass is 10.3. The lowest BCUT2D eigenvalue weighted by Gasteiger charge is -1.96. The average Bonchev–Trinajstić information content (AvgIpc) is 2.69. The number of hydrogen-bond acceptors (Lipinski definition) is 4. The van der Waals surface area contributed by atoms with Gasteiger partial charge in [0, 0.05) is 11.1 Å². The van der Waals surface area contributed by atoms with Crippen LogP contribution in [-0.2, 0) is 9.53 Å². The molecule has 1 heterocycles. The second-order valence-electron chi connectivity index (χ2n) is 3.10. The molecule has 0 atom stereocenters. The van der Waals surface area contributed by atoms with Crippen molar-refractivity contribution in [1.82, 2.24) is 4.98 Å². The van der Waals surface area contributed by atoms with Gasteiger partial charge in [-0.3, -0.25) is 0 Å². The van der Waals surface area contributed by atoms with Crippen molar-refractivity contribution in [2.75, 3.05) is 7.11 Å². The van der Waals surface area contributed by atoms with E-state index in [1.165, 1.54) is 7.11 Å². The Hall–Kier alpha value is -1.81. The van der Waals surface area contributed by atoms with Crippen LogP contribution in [0, 0.1) is 0 Å². The Morgan fingerprint density at radius 3 is 3.00 bits per heavy atom. The summed E-state index contributed by atoms with van der Waals surface area (Å²) in [6.07, 6.45) is 0. The summed E-state index contributed by atoms with van der Waals surface area (Å²) in [5, 5.41) is 0.541. The van der Waals surface area contributed by atoms with Crippen LogP contribution in [0.5, 0.6) is 0 Å². The molecule has 0 N–H and O–H groups in total. The smallest absolute Gasteiger partial charge is 0.342 e. The first-order valence-corrected chi connectivity index (χ1v) is 4.83. The number of methoxy groups -OCH3 is 1. The molecule has 0 amide bonds. The summed E-state index contributed by atoms with van der Waals surface area (Å²) in [5.41, 5.74) is 1.20. The van der Waals surface area contributed by atoms with Gasteiger partial charge in [0.15, 0.2) is 5.58 Å². The zero-order valence-electron chi connectivity index (χ0n) is 8.49. The van der Waals surface area contributed by atoms with E-state index in [2.05, 4.69) is 16.3 Å². The predicted octanol–water partition coefficient (Wildman–Crippen LogP) is 2.67. The summed E-state index contributed by atoms with van der Waals surface area (Å²) in [4.78, 5) is 15.3. The minimum absolute atomic E-state index is 0.0785. The highest BCUT2D eigenvalue weighted by Gasteiger charge is 2.16. The molecular formula is C11H8ClNO3. The SMILES string of the molecule is C=C(C(=O)OC)c1nc2ccc(Cl)cc2o1. The minimum atomic E-state index is -0.572. The van der Waals surface area contributed by atoms with Gasteiger partial charge in [-0.05, 0) is 12.1 Å². The molecule has 0 aliphatic heterocycles. The van der Waals surface area contributed by atoms with Gasteiger partial charge in [-0.2, -0.15) is 0 Å². The number of rotatable bonds is 2. The molecule has 0 radical (unpaired) electrons. The van der Waals surface area contributed by atoms with E-state index in [0.29, 0.717) is 16.1 Å². The number of hydrogen-bond donors (Lipinski definition) is 0. The zero-order valence-corrected chi connectivity index (χ0v) is 9.25. The van der Waals surface area contributed by atoms with Crippen molar-refractivity contribution < 1.29 is 13.9 Å². The third-order valence-electron chi connectivity index (χ3n) is 2.04. The molecule has 4 nitrogen and oxygen atoms in total. The first-order chi connectivity index (χ1) is 7.61. The molecule has 0 saturated heterocycles. The number of esters is 1. The summed E-state index contributed by atoms with van der Waals surface area (Å²) in [6.45, 7) is 3.55. The Morgan fingerprint density at radius 1 is 1.56 bits per heavy atom. The van der Waals surface area contributed by atoms with Gasteiger partial charge in [-0.15, -0.1) is 0 Å². The molecule has 0 aliphatic rings. The van der Waals surface area contributed by atoms with Crippen LogP contribution < -0.4 is 0 Å². The first kappa shape index (κ1) is 10.7. The van der Waals surface area contributed by atoms with Crippen LogP contribution in [0.3, 0.4) is 0 Å². The molecule has 82 valence electrons. The Morgan fingerprint density at radius 2 is 2.31 bits per heavy atom. The maximum Gasteiger partial charge on any atom is 0.342 e. The predicted molar refractivity (Wildman–Crippen MR) is 60.1 cm³/mol. The van der Waals surface area contributed by atoms with E-state index in [9.17, 15) is 4.79 Å². The minimum Gasteiger partial charge on any atom is -0.465 e. The van der Waals surface area contributed by atoms with Crippen LogP contribution >= 0.6 is 11.6 Å². The van der Waals surface area contributed by atoms with Crippen molar-refractivity contribution >= 4 is 34.2 Å². The Kier molecular flexibility index (Phi) is 2.66. The van der Waals surface area contributed by atoms with Crippen LogP contribution in [-0.4, -0.2) is 18.1 Å². The summed E-state index contributed by atoms with van der Waals surface area (Å²) < 4.78 is 9.86.